The van der Waals surface area contributed by atoms with Gasteiger partial charge in [-0.25, -0.2) is 22.9 Å². The van der Waals surface area contributed by atoms with Crippen LogP contribution in [0, 0.1) is 12.3 Å². The fourth-order valence-electron chi connectivity index (χ4n) is 4.02. The van der Waals surface area contributed by atoms with E-state index in [0.29, 0.717) is 13.0 Å². The summed E-state index contributed by atoms with van der Waals surface area (Å²) in [6.07, 6.45) is 2.88. The zero-order valence-electron chi connectivity index (χ0n) is 23.9. The molecule has 218 valence electrons. The highest BCUT2D eigenvalue weighted by atomic mass is 32.2. The van der Waals surface area contributed by atoms with E-state index in [4.69, 9.17) is 4.74 Å². The van der Waals surface area contributed by atoms with E-state index < -0.39 is 39.8 Å². The van der Waals surface area contributed by atoms with Gasteiger partial charge >= 0.3 is 6.09 Å². The fraction of sp³-hybridized carbons (Fsp3) is 0.483. The van der Waals surface area contributed by atoms with E-state index >= 15 is 0 Å². The quantitative estimate of drug-likeness (QED) is 0.278. The first-order valence-electron chi connectivity index (χ1n) is 13.6. The Kier molecular flexibility index (Phi) is 10.8. The molecule has 40 heavy (non-hydrogen) atoms. The number of nitrogens with zero attached hydrogens (tertiary/aromatic N) is 3. The van der Waals surface area contributed by atoms with Gasteiger partial charge < -0.3 is 15.2 Å². The van der Waals surface area contributed by atoms with E-state index in [1.54, 1.807) is 16.8 Å². The van der Waals surface area contributed by atoms with Crippen LogP contribution < -0.4 is 10.0 Å². The number of amides is 1. The van der Waals surface area contributed by atoms with Crippen molar-refractivity contribution in [2.45, 2.75) is 83.7 Å². The molecule has 0 aliphatic carbocycles. The third kappa shape index (κ3) is 9.14. The minimum atomic E-state index is -3.91. The van der Waals surface area contributed by atoms with Crippen molar-refractivity contribution >= 4 is 16.1 Å². The molecule has 3 atom stereocenters. The number of aromatic nitrogens is 3. The molecule has 0 fully saturated rings. The molecule has 0 saturated carbocycles. The lowest BCUT2D eigenvalue weighted by atomic mass is 9.89. The first kappa shape index (κ1) is 31.3. The molecule has 0 aliphatic heterocycles. The smallest absolute Gasteiger partial charge is 0.407 e. The minimum Gasteiger partial charge on any atom is -0.444 e. The minimum absolute atomic E-state index is 0.142. The Hall–Kier alpha value is -3.28. The van der Waals surface area contributed by atoms with Crippen molar-refractivity contribution in [2.24, 2.45) is 5.41 Å². The first-order chi connectivity index (χ1) is 18.9. The lowest BCUT2D eigenvalue weighted by Gasteiger charge is -2.31. The Labute approximate surface area is 237 Å². The number of sulfonamides is 1. The van der Waals surface area contributed by atoms with E-state index in [2.05, 4.69) is 20.1 Å². The van der Waals surface area contributed by atoms with Crippen LogP contribution in [-0.2, 0) is 21.3 Å². The number of alkyl carbamates (subject to hydrolysis) is 1. The molecule has 3 rings (SSSR count). The number of carbonyl (C=O) groups excluding carboxylic acids is 1. The van der Waals surface area contributed by atoms with Crippen molar-refractivity contribution in [3.63, 3.8) is 0 Å². The van der Waals surface area contributed by atoms with Gasteiger partial charge in [0.05, 0.1) is 24.4 Å². The number of nitrogens with one attached hydrogen (secondary N) is 2. The summed E-state index contributed by atoms with van der Waals surface area (Å²) in [7, 11) is -3.91. The molecule has 0 saturated heterocycles. The van der Waals surface area contributed by atoms with Gasteiger partial charge in [0.25, 0.3) is 10.0 Å². The van der Waals surface area contributed by atoms with Gasteiger partial charge in [0.15, 0.2) is 5.03 Å². The Balaban J connectivity index is 1.65. The molecule has 0 aliphatic rings. The van der Waals surface area contributed by atoms with Crippen LogP contribution in [-0.4, -0.2) is 59.2 Å². The zero-order chi connectivity index (χ0) is 29.3. The number of ether oxygens (including phenoxy) is 1. The second kappa shape index (κ2) is 13.9. The summed E-state index contributed by atoms with van der Waals surface area (Å²) in [5.41, 5.74) is 2.60. The highest BCUT2D eigenvalue weighted by molar-refractivity contribution is 7.89. The van der Waals surface area contributed by atoms with Crippen molar-refractivity contribution in [2.75, 3.05) is 6.54 Å². The van der Waals surface area contributed by atoms with Crippen LogP contribution in [0.5, 0.6) is 0 Å². The van der Waals surface area contributed by atoms with Gasteiger partial charge in [0.2, 0.25) is 0 Å². The van der Waals surface area contributed by atoms with Crippen LogP contribution in [0.1, 0.15) is 52.5 Å². The van der Waals surface area contributed by atoms with Crippen LogP contribution in [0.15, 0.2) is 66.0 Å². The number of aryl methyl sites for hydroxylation is 1. The van der Waals surface area contributed by atoms with E-state index in [1.165, 1.54) is 17.8 Å². The van der Waals surface area contributed by atoms with Crippen molar-refractivity contribution in [3.05, 3.63) is 66.5 Å². The number of carbonyl (C=O) groups is 1. The molecule has 0 bridgehead atoms. The predicted molar refractivity (Wildman–Crippen MR) is 154 cm³/mol. The van der Waals surface area contributed by atoms with Crippen molar-refractivity contribution in [3.8, 4) is 11.3 Å². The van der Waals surface area contributed by atoms with Crippen molar-refractivity contribution in [1.29, 1.82) is 0 Å². The lowest BCUT2D eigenvalue weighted by molar-refractivity contribution is 0.0126. The van der Waals surface area contributed by atoms with Crippen LogP contribution in [0.2, 0.25) is 0 Å². The molecular weight excluding hydrogens is 530 g/mol. The molecule has 0 unspecified atom stereocenters. The molecule has 0 spiro atoms. The van der Waals surface area contributed by atoms with Gasteiger partial charge in [0.1, 0.15) is 6.10 Å². The van der Waals surface area contributed by atoms with E-state index in [9.17, 15) is 18.3 Å². The number of hydrogen-bond donors (Lipinski definition) is 3. The molecule has 11 heteroatoms. The van der Waals surface area contributed by atoms with Crippen LogP contribution in [0.3, 0.4) is 0 Å². The summed E-state index contributed by atoms with van der Waals surface area (Å²) in [6, 6.07) is 13.9. The Morgan fingerprint density at radius 1 is 1.12 bits per heavy atom. The Morgan fingerprint density at radius 2 is 1.85 bits per heavy atom. The number of rotatable bonds is 13. The highest BCUT2D eigenvalue weighted by Gasteiger charge is 2.31. The average molecular weight is 572 g/mol. The van der Waals surface area contributed by atoms with Crippen LogP contribution in [0.4, 0.5) is 4.79 Å². The van der Waals surface area contributed by atoms with Crippen molar-refractivity contribution < 1.29 is 23.1 Å². The molecule has 2 heterocycles. The normalized spacial score (nSPS) is 14.3. The maximum absolute atomic E-state index is 13.0. The largest absolute Gasteiger partial charge is 0.444 e. The number of aliphatic hydroxyl groups excluding tert-OH is 1. The fourth-order valence-corrected chi connectivity index (χ4v) is 5.01. The van der Waals surface area contributed by atoms with Crippen LogP contribution >= 0.6 is 0 Å². The molecule has 1 aromatic carbocycles. The molecule has 10 nitrogen and oxygen atoms in total. The van der Waals surface area contributed by atoms with Gasteiger partial charge in [-0.15, -0.1) is 0 Å². The van der Waals surface area contributed by atoms with Gasteiger partial charge in [-0.05, 0) is 31.5 Å². The Morgan fingerprint density at radius 3 is 2.48 bits per heavy atom. The number of hydrogen-bond acceptors (Lipinski definition) is 7. The highest BCUT2D eigenvalue weighted by Crippen LogP contribution is 2.25. The Bertz CT molecular complexity index is 1320. The lowest BCUT2D eigenvalue weighted by Crippen LogP contribution is -2.50. The summed E-state index contributed by atoms with van der Waals surface area (Å²) >= 11 is 0. The van der Waals surface area contributed by atoms with Gasteiger partial charge in [-0.2, -0.15) is 5.10 Å². The maximum atomic E-state index is 13.0. The number of aliphatic hydroxyl groups is 1. The second-order valence-corrected chi connectivity index (χ2v) is 12.7. The molecule has 1 amide bonds. The average Bonchev–Trinajstić information content (AvgIpc) is 3.38. The van der Waals surface area contributed by atoms with E-state index in [-0.39, 0.29) is 11.6 Å². The summed E-state index contributed by atoms with van der Waals surface area (Å²) < 4.78 is 35.0. The van der Waals surface area contributed by atoms with E-state index in [0.717, 1.165) is 24.1 Å². The van der Waals surface area contributed by atoms with Gasteiger partial charge in [-0.3, -0.25) is 4.68 Å². The summed E-state index contributed by atoms with van der Waals surface area (Å²) in [6.45, 7) is 10.0. The maximum Gasteiger partial charge on any atom is 0.407 e. The molecule has 0 radical (unpaired) electrons. The second-order valence-electron chi connectivity index (χ2n) is 11.0. The SMILES string of the molecule is CCCC[C@H](NC(=O)O[C@H](Cn1ccc(-c2ccc(C)cc2)n1)C(C)(C)C)[C@H](O)CNS(=O)(=O)c1ccccn1. The standard InChI is InChI=1S/C29H41N5O5S/c1-6-7-10-24(25(35)19-31-40(37,38)27-11-8-9-17-30-27)32-28(36)39-26(29(3,4)5)20-34-18-16-23(33-34)22-14-12-21(2)13-15-22/h8-9,11-18,24-26,31,35H,6-7,10,19-20H2,1-5H3,(H,32,36)/t24-,25+,26+/m0/s1. The third-order valence-corrected chi connectivity index (χ3v) is 7.93. The van der Waals surface area contributed by atoms with Crippen LogP contribution in [0.25, 0.3) is 11.3 Å². The topological polar surface area (TPSA) is 135 Å². The third-order valence-electron chi connectivity index (χ3n) is 6.59. The monoisotopic (exact) mass is 571 g/mol. The predicted octanol–water partition coefficient (Wildman–Crippen LogP) is 4.29. The van der Waals surface area contributed by atoms with Gasteiger partial charge in [-0.1, -0.05) is 76.4 Å². The molecular formula is C29H41N5O5S. The summed E-state index contributed by atoms with van der Waals surface area (Å²) in [5.74, 6) is 0. The number of pyridine rings is 1. The first-order valence-corrected chi connectivity index (χ1v) is 15.0. The molecule has 2 aromatic heterocycles. The summed E-state index contributed by atoms with van der Waals surface area (Å²) in [5, 5.41) is 18.1. The summed E-state index contributed by atoms with van der Waals surface area (Å²) in [4.78, 5) is 16.9. The number of unbranched alkanes of at least 4 members (excludes halogenated alkanes) is 1. The number of benzene rings is 1. The molecule has 3 N–H and O–H groups in total. The van der Waals surface area contributed by atoms with Crippen molar-refractivity contribution in [1.82, 2.24) is 24.8 Å². The zero-order valence-corrected chi connectivity index (χ0v) is 24.7. The molecule has 3 aromatic rings. The van der Waals surface area contributed by atoms with Gasteiger partial charge in [0, 0.05) is 29.9 Å². The van der Waals surface area contributed by atoms with E-state index in [1.807, 2.05) is 71.1 Å².